The number of nitrogens with zero attached hydrogens (tertiary/aromatic N) is 2. The highest BCUT2D eigenvalue weighted by molar-refractivity contribution is 7.93. The number of sulfonamides is 1. The molecule has 0 radical (unpaired) electrons. The van der Waals surface area contributed by atoms with Gasteiger partial charge in [0.2, 0.25) is 0 Å². The van der Waals surface area contributed by atoms with E-state index in [-0.39, 0.29) is 27.1 Å². The van der Waals surface area contributed by atoms with Gasteiger partial charge in [-0.25, -0.2) is 12.8 Å². The lowest BCUT2D eigenvalue weighted by Gasteiger charge is -2.10. The summed E-state index contributed by atoms with van der Waals surface area (Å²) in [5.74, 6) is -0.318. The molecule has 2 heterocycles. The highest BCUT2D eigenvalue weighted by Gasteiger charge is 2.30. The number of aromatic nitrogens is 3. The molecular weight excluding hydrogens is 383 g/mol. The Hall–Kier alpha value is -2.39. The molecule has 7 nitrogen and oxygen atoms in total. The van der Waals surface area contributed by atoms with Gasteiger partial charge in [-0.2, -0.15) is 4.98 Å². The molecule has 0 aliphatic heterocycles. The first-order valence-corrected chi connectivity index (χ1v) is 9.59. The summed E-state index contributed by atoms with van der Waals surface area (Å²) in [7, 11) is -4.15. The molecule has 10 heteroatoms. The van der Waals surface area contributed by atoms with Crippen LogP contribution in [0.15, 0.2) is 27.6 Å². The molecule has 2 N–H and O–H groups in total. The molecule has 0 saturated carbocycles. The molecule has 0 fully saturated rings. The number of hydrogen-bond donors (Lipinski definition) is 2. The maximum atomic E-state index is 14.1. The third-order valence-corrected chi connectivity index (χ3v) is 5.61. The van der Waals surface area contributed by atoms with Crippen molar-refractivity contribution in [2.45, 2.75) is 32.1 Å². The predicted octanol–water partition coefficient (Wildman–Crippen LogP) is 3.84. The van der Waals surface area contributed by atoms with Crippen molar-refractivity contribution in [3.8, 4) is 11.5 Å². The van der Waals surface area contributed by atoms with Crippen LogP contribution in [-0.4, -0.2) is 23.5 Å². The number of anilines is 1. The van der Waals surface area contributed by atoms with Crippen molar-refractivity contribution in [2.75, 3.05) is 4.72 Å². The fourth-order valence-corrected chi connectivity index (χ4v) is 4.32. The molecule has 3 aromatic rings. The number of halogens is 2. The Balaban J connectivity index is 2.12. The first kappa shape index (κ1) is 18.4. The van der Waals surface area contributed by atoms with E-state index in [1.165, 1.54) is 18.2 Å². The Kier molecular flexibility index (Phi) is 4.76. The summed E-state index contributed by atoms with van der Waals surface area (Å²) in [6, 6.07) is 4.07. The molecule has 26 heavy (non-hydrogen) atoms. The largest absolute Gasteiger partial charge is 0.361 e. The van der Waals surface area contributed by atoms with Gasteiger partial charge in [0.05, 0.1) is 16.3 Å². The third kappa shape index (κ3) is 3.19. The molecule has 0 amide bonds. The van der Waals surface area contributed by atoms with E-state index < -0.39 is 15.8 Å². The first-order valence-electron chi connectivity index (χ1n) is 7.73. The minimum Gasteiger partial charge on any atom is -0.361 e. The molecular formula is C16H16ClFN4O3S. The molecule has 0 aliphatic carbocycles. The van der Waals surface area contributed by atoms with Crippen molar-refractivity contribution in [3.05, 3.63) is 46.3 Å². The van der Waals surface area contributed by atoms with Crippen LogP contribution in [-0.2, 0) is 16.4 Å². The van der Waals surface area contributed by atoms with E-state index in [4.69, 9.17) is 16.1 Å². The van der Waals surface area contributed by atoms with Crippen molar-refractivity contribution in [1.82, 2.24) is 15.1 Å². The predicted molar refractivity (Wildman–Crippen MR) is 95.2 cm³/mol. The fourth-order valence-electron chi connectivity index (χ4n) is 2.63. The monoisotopic (exact) mass is 398 g/mol. The van der Waals surface area contributed by atoms with Crippen molar-refractivity contribution in [3.63, 3.8) is 0 Å². The average molecular weight is 399 g/mol. The van der Waals surface area contributed by atoms with E-state index in [9.17, 15) is 12.8 Å². The lowest BCUT2D eigenvalue weighted by atomic mass is 10.2. The minimum absolute atomic E-state index is 0.0793. The van der Waals surface area contributed by atoms with Crippen molar-refractivity contribution >= 4 is 27.3 Å². The van der Waals surface area contributed by atoms with Gasteiger partial charge in [-0.3, -0.25) is 4.72 Å². The fraction of sp³-hybridized carbons (Fsp3) is 0.250. The summed E-state index contributed by atoms with van der Waals surface area (Å²) in [5.41, 5.74) is 0.913. The van der Waals surface area contributed by atoms with Crippen LogP contribution in [0.3, 0.4) is 0 Å². The minimum atomic E-state index is -4.15. The number of hydrogen-bond acceptors (Lipinski definition) is 5. The van der Waals surface area contributed by atoms with Crippen LogP contribution in [0, 0.1) is 19.7 Å². The van der Waals surface area contributed by atoms with Crippen LogP contribution >= 0.6 is 11.6 Å². The van der Waals surface area contributed by atoms with E-state index in [1.807, 2.05) is 6.92 Å². The van der Waals surface area contributed by atoms with Gasteiger partial charge in [-0.15, -0.1) is 0 Å². The van der Waals surface area contributed by atoms with Crippen LogP contribution in [0.25, 0.3) is 11.5 Å². The summed E-state index contributed by atoms with van der Waals surface area (Å²) in [6.45, 7) is 5.14. The average Bonchev–Trinajstić information content (AvgIpc) is 3.15. The molecule has 138 valence electrons. The zero-order valence-electron chi connectivity index (χ0n) is 14.2. The second-order valence-corrected chi connectivity index (χ2v) is 7.68. The highest BCUT2D eigenvalue weighted by atomic mass is 35.5. The topological polar surface area (TPSA) is 101 Å². The summed E-state index contributed by atoms with van der Waals surface area (Å²) < 4.78 is 47.4. The van der Waals surface area contributed by atoms with Crippen LogP contribution in [0.4, 0.5) is 10.1 Å². The number of nitrogens with one attached hydrogen (secondary N) is 2. The second-order valence-electron chi connectivity index (χ2n) is 5.66. The van der Waals surface area contributed by atoms with E-state index in [0.717, 1.165) is 0 Å². The van der Waals surface area contributed by atoms with Gasteiger partial charge in [-0.1, -0.05) is 29.7 Å². The number of benzene rings is 1. The second kappa shape index (κ2) is 6.73. The lowest BCUT2D eigenvalue weighted by Crippen LogP contribution is -2.15. The zero-order valence-corrected chi connectivity index (χ0v) is 15.8. The van der Waals surface area contributed by atoms with E-state index in [2.05, 4.69) is 19.8 Å². The van der Waals surface area contributed by atoms with Crippen LogP contribution in [0.1, 0.15) is 24.1 Å². The Bertz CT molecular complexity index is 1080. The highest BCUT2D eigenvalue weighted by Crippen LogP contribution is 2.34. The number of H-pyrrole nitrogens is 1. The molecule has 0 spiro atoms. The van der Waals surface area contributed by atoms with Crippen LogP contribution in [0.5, 0.6) is 0 Å². The van der Waals surface area contributed by atoms with E-state index in [0.29, 0.717) is 23.6 Å². The van der Waals surface area contributed by atoms with Crippen LogP contribution in [0.2, 0.25) is 5.02 Å². The molecule has 1 aromatic carbocycles. The van der Waals surface area contributed by atoms with Gasteiger partial charge in [0.1, 0.15) is 4.90 Å². The molecule has 0 saturated heterocycles. The van der Waals surface area contributed by atoms with Gasteiger partial charge >= 0.3 is 0 Å². The first-order chi connectivity index (χ1) is 12.2. The van der Waals surface area contributed by atoms with Gasteiger partial charge in [-0.05, 0) is 26.0 Å². The van der Waals surface area contributed by atoms with Crippen LogP contribution < -0.4 is 4.72 Å². The van der Waals surface area contributed by atoms with Gasteiger partial charge in [0.25, 0.3) is 15.9 Å². The Labute approximate surface area is 154 Å². The van der Waals surface area contributed by atoms with Gasteiger partial charge < -0.3 is 9.51 Å². The Morgan fingerprint density at radius 3 is 2.69 bits per heavy atom. The lowest BCUT2D eigenvalue weighted by molar-refractivity contribution is 0.422. The zero-order chi connectivity index (χ0) is 19.1. The van der Waals surface area contributed by atoms with Crippen molar-refractivity contribution in [2.24, 2.45) is 0 Å². The summed E-state index contributed by atoms with van der Waals surface area (Å²) in [4.78, 5) is 7.07. The maximum Gasteiger partial charge on any atom is 0.264 e. The molecule has 3 rings (SSSR count). The van der Waals surface area contributed by atoms with Crippen molar-refractivity contribution in [1.29, 1.82) is 0 Å². The third-order valence-electron chi connectivity index (χ3n) is 3.78. The van der Waals surface area contributed by atoms with E-state index >= 15 is 0 Å². The Morgan fingerprint density at radius 2 is 2.04 bits per heavy atom. The number of aromatic amines is 1. The summed E-state index contributed by atoms with van der Waals surface area (Å²) in [5, 5.41) is 3.62. The van der Waals surface area contributed by atoms with E-state index in [1.54, 1.807) is 13.8 Å². The maximum absolute atomic E-state index is 14.1. The summed E-state index contributed by atoms with van der Waals surface area (Å²) >= 11 is 5.72. The van der Waals surface area contributed by atoms with Crippen molar-refractivity contribution < 1.29 is 17.3 Å². The molecule has 2 aromatic heterocycles. The molecule has 0 atom stereocenters. The van der Waals surface area contributed by atoms with Gasteiger partial charge in [0.15, 0.2) is 11.6 Å². The summed E-state index contributed by atoms with van der Waals surface area (Å²) in [6.07, 6.45) is 0.542. The quantitative estimate of drug-likeness (QED) is 0.680. The molecule has 0 aliphatic rings. The standard InChI is InChI=1S/C16H16ClFN4O3S/c1-4-12-20-16(25-21-12)13-8(2)19-9(3)15(13)26(23,24)22-11-7-5-6-10(17)14(11)18/h5-7,19,22H,4H2,1-3H3. The normalized spacial score (nSPS) is 11.7. The van der Waals surface area contributed by atoms with Gasteiger partial charge in [0, 0.05) is 17.8 Å². The number of aryl methyl sites for hydroxylation is 3. The molecule has 0 unspecified atom stereocenters. The SMILES string of the molecule is CCc1noc(-c2c(C)[nH]c(C)c2S(=O)(=O)Nc2cccc(Cl)c2F)n1. The molecule has 0 bridgehead atoms. The Morgan fingerprint density at radius 1 is 1.31 bits per heavy atom. The smallest absolute Gasteiger partial charge is 0.264 e. The number of rotatable bonds is 5.